The van der Waals surface area contributed by atoms with Crippen LogP contribution in [0.15, 0.2) is 40.9 Å². The van der Waals surface area contributed by atoms with Crippen LogP contribution in [0.5, 0.6) is 0 Å². The van der Waals surface area contributed by atoms with E-state index in [0.717, 1.165) is 21.4 Å². The van der Waals surface area contributed by atoms with Crippen LogP contribution in [-0.2, 0) is 28.2 Å². The van der Waals surface area contributed by atoms with Gasteiger partial charge in [0.25, 0.3) is 0 Å². The molecule has 2 amide bonds. The van der Waals surface area contributed by atoms with Gasteiger partial charge in [0.1, 0.15) is 0 Å². The molecule has 4 rings (SSSR count). The molecule has 2 N–H and O–H groups in total. The third kappa shape index (κ3) is 11.0. The highest BCUT2D eigenvalue weighted by molar-refractivity contribution is 9.10. The summed E-state index contributed by atoms with van der Waals surface area (Å²) in [7, 11) is -0.952. The summed E-state index contributed by atoms with van der Waals surface area (Å²) in [5, 5.41) is 5.45. The molecule has 8 nitrogen and oxygen atoms in total. The summed E-state index contributed by atoms with van der Waals surface area (Å²) in [6.45, 7) is 25.3. The van der Waals surface area contributed by atoms with Gasteiger partial charge < -0.3 is 29.3 Å². The van der Waals surface area contributed by atoms with Gasteiger partial charge >= 0.3 is 14.0 Å². The van der Waals surface area contributed by atoms with Crippen LogP contribution < -0.4 is 10.6 Å². The second-order valence-corrected chi connectivity index (χ2v) is 13.7. The summed E-state index contributed by atoms with van der Waals surface area (Å²) >= 11 is 3.38. The van der Waals surface area contributed by atoms with Gasteiger partial charge in [0, 0.05) is 29.7 Å². The minimum Gasteiger partial charge on any atom is -0.405 e. The second-order valence-electron chi connectivity index (χ2n) is 12.9. The minimum atomic E-state index is -0.476. The fourth-order valence-corrected chi connectivity index (χ4v) is 4.19. The average Bonchev–Trinajstić information content (AvgIpc) is 3.18. The number of aryl methyl sites for hydroxylation is 3. The SMILES string of the molecule is C.C.CC(=O)Nc1ccc(Br)c(C)c1.CC(=O)Nc1ccc(C)c(C)c1.CC1(C)OB(B2OC(C)(C)C(C)(C)O2)OC1(C)C. The Morgan fingerprint density at radius 2 is 0.909 bits per heavy atom. The van der Waals surface area contributed by atoms with Crippen molar-refractivity contribution in [3.63, 3.8) is 0 Å². The first-order valence-corrected chi connectivity index (χ1v) is 15.0. The Kier molecular flexibility index (Phi) is 15.1. The van der Waals surface area contributed by atoms with Crippen LogP contribution in [0.1, 0.15) is 101 Å². The third-order valence-electron chi connectivity index (χ3n) is 8.07. The molecule has 0 saturated carbocycles. The monoisotopic (exact) mass is 676 g/mol. The van der Waals surface area contributed by atoms with E-state index >= 15 is 0 Å². The van der Waals surface area contributed by atoms with Gasteiger partial charge in [0.2, 0.25) is 11.8 Å². The van der Waals surface area contributed by atoms with E-state index in [2.05, 4.69) is 26.6 Å². The lowest BCUT2D eigenvalue weighted by atomic mass is 9.49. The number of hydrogen-bond acceptors (Lipinski definition) is 6. The highest BCUT2D eigenvalue weighted by atomic mass is 79.9. The molecular weight excluding hydrogens is 622 g/mol. The molecule has 0 unspecified atom stereocenters. The van der Waals surface area contributed by atoms with Crippen molar-refractivity contribution >= 4 is 53.1 Å². The number of hydrogen-bond donors (Lipinski definition) is 2. The number of anilines is 2. The van der Waals surface area contributed by atoms with Crippen LogP contribution in [0.2, 0.25) is 0 Å². The minimum absolute atomic E-state index is 0. The summed E-state index contributed by atoms with van der Waals surface area (Å²) in [5.74, 6) is -0.0741. The molecule has 2 saturated heterocycles. The summed E-state index contributed by atoms with van der Waals surface area (Å²) in [5.41, 5.74) is 3.81. The highest BCUT2D eigenvalue weighted by Gasteiger charge is 2.63. The lowest BCUT2D eigenvalue weighted by Crippen LogP contribution is -2.41. The number of amides is 2. The number of nitrogens with one attached hydrogen (secondary N) is 2. The van der Waals surface area contributed by atoms with Crippen molar-refractivity contribution in [1.29, 1.82) is 0 Å². The smallest absolute Gasteiger partial charge is 0.405 e. The molecule has 2 aliphatic heterocycles. The summed E-state index contributed by atoms with van der Waals surface area (Å²) in [6.07, 6.45) is 0. The van der Waals surface area contributed by atoms with E-state index < -0.39 is 14.0 Å². The van der Waals surface area contributed by atoms with Crippen molar-refractivity contribution in [2.45, 2.75) is 127 Å². The fraction of sp³-hybridized carbons (Fsp3) is 0.576. The Morgan fingerprint density at radius 3 is 1.20 bits per heavy atom. The summed E-state index contributed by atoms with van der Waals surface area (Å²) < 4.78 is 24.9. The Bertz CT molecular complexity index is 1150. The van der Waals surface area contributed by atoms with E-state index in [4.69, 9.17) is 18.6 Å². The first kappa shape index (κ1) is 41.8. The zero-order chi connectivity index (χ0) is 32.3. The Morgan fingerprint density at radius 1 is 0.591 bits per heavy atom. The zero-order valence-corrected chi connectivity index (χ0v) is 29.0. The van der Waals surface area contributed by atoms with Gasteiger partial charge in [0.05, 0.1) is 22.4 Å². The first-order chi connectivity index (χ1) is 19.1. The van der Waals surface area contributed by atoms with E-state index in [-0.39, 0.29) is 49.1 Å². The third-order valence-corrected chi connectivity index (χ3v) is 8.96. The number of halogens is 1. The van der Waals surface area contributed by atoms with Crippen molar-refractivity contribution in [2.75, 3.05) is 10.6 Å². The van der Waals surface area contributed by atoms with Gasteiger partial charge in [-0.05, 0) is 123 Å². The van der Waals surface area contributed by atoms with Gasteiger partial charge in [-0.25, -0.2) is 0 Å². The lowest BCUT2D eigenvalue weighted by Gasteiger charge is -2.32. The van der Waals surface area contributed by atoms with Crippen LogP contribution >= 0.6 is 15.9 Å². The Labute approximate surface area is 276 Å². The van der Waals surface area contributed by atoms with Gasteiger partial charge in [0.15, 0.2) is 0 Å². The predicted molar refractivity (Wildman–Crippen MR) is 189 cm³/mol. The van der Waals surface area contributed by atoms with Crippen LogP contribution in [0.4, 0.5) is 11.4 Å². The molecule has 0 aromatic heterocycles. The zero-order valence-electron chi connectivity index (χ0n) is 27.4. The lowest BCUT2D eigenvalue weighted by molar-refractivity contribution is -0.115. The van der Waals surface area contributed by atoms with Crippen molar-refractivity contribution in [3.8, 4) is 0 Å². The van der Waals surface area contributed by atoms with E-state index in [1.807, 2.05) is 113 Å². The van der Waals surface area contributed by atoms with Gasteiger partial charge in [-0.3, -0.25) is 9.59 Å². The number of carbonyl (C=O) groups excluding carboxylic acids is 2. The molecule has 0 bridgehead atoms. The Hall–Kier alpha value is -2.17. The van der Waals surface area contributed by atoms with Crippen LogP contribution in [-0.4, -0.2) is 48.2 Å². The maximum absolute atomic E-state index is 10.7. The standard InChI is InChI=1S/C12H24B2O4.C10H13NO.C9H10BrNO.2CH4/c1-9(2)10(3,4)16-13(15-9)14-17-11(5,6)12(7,8)18-14;1-7-4-5-10(6-8(7)2)11-9(3)12;1-6-5-8(11-7(2)12)3-4-9(6)10;;/h1-8H3;4-6H,1-3H3,(H,11,12);3-5H,1-2H3,(H,11,12);2*1H4. The fourth-order valence-electron chi connectivity index (χ4n) is 3.95. The van der Waals surface area contributed by atoms with Gasteiger partial charge in [-0.2, -0.15) is 0 Å². The number of benzene rings is 2. The maximum Gasteiger partial charge on any atom is 0.488 e. The van der Waals surface area contributed by atoms with Crippen molar-refractivity contribution in [3.05, 3.63) is 57.6 Å². The number of rotatable bonds is 3. The van der Waals surface area contributed by atoms with Crippen LogP contribution in [0.25, 0.3) is 0 Å². The van der Waals surface area contributed by atoms with E-state index in [1.165, 1.54) is 25.0 Å². The Balaban J connectivity index is 0.000000637. The van der Waals surface area contributed by atoms with Crippen molar-refractivity contribution in [1.82, 2.24) is 0 Å². The molecule has 0 spiro atoms. The normalized spacial score (nSPS) is 18.3. The summed E-state index contributed by atoms with van der Waals surface area (Å²) in [4.78, 5) is 21.4. The molecule has 0 radical (unpaired) electrons. The molecule has 0 aliphatic carbocycles. The molecule has 2 heterocycles. The van der Waals surface area contributed by atoms with E-state index in [1.54, 1.807) is 0 Å². The second kappa shape index (κ2) is 15.9. The van der Waals surface area contributed by atoms with Crippen molar-refractivity contribution in [2.24, 2.45) is 0 Å². The maximum atomic E-state index is 10.7. The molecule has 2 aromatic rings. The molecule has 0 atom stereocenters. The largest absolute Gasteiger partial charge is 0.488 e. The van der Waals surface area contributed by atoms with Crippen molar-refractivity contribution < 1.29 is 28.2 Å². The van der Waals surface area contributed by atoms with E-state index in [0.29, 0.717) is 0 Å². The van der Waals surface area contributed by atoms with E-state index in [9.17, 15) is 9.59 Å². The molecule has 11 heteroatoms. The average molecular weight is 677 g/mol. The quantitative estimate of drug-likeness (QED) is 0.317. The van der Waals surface area contributed by atoms with Gasteiger partial charge in [-0.15, -0.1) is 0 Å². The number of carbonyl (C=O) groups is 2. The summed E-state index contributed by atoms with van der Waals surface area (Å²) in [6, 6.07) is 11.6. The highest BCUT2D eigenvalue weighted by Crippen LogP contribution is 2.42. The molecule has 2 aliphatic rings. The molecule has 246 valence electrons. The first-order valence-electron chi connectivity index (χ1n) is 14.2. The molecule has 2 aromatic carbocycles. The van der Waals surface area contributed by atoms with Gasteiger partial charge in [-0.1, -0.05) is 36.8 Å². The van der Waals surface area contributed by atoms with Crippen LogP contribution in [0.3, 0.4) is 0 Å². The molecule has 2 fully saturated rings. The van der Waals surface area contributed by atoms with Crippen LogP contribution in [0, 0.1) is 20.8 Å². The molecule has 44 heavy (non-hydrogen) atoms. The molecular formula is C33H55B2BrN2O6. The predicted octanol–water partition coefficient (Wildman–Crippen LogP) is 8.50. The topological polar surface area (TPSA) is 95.1 Å².